The lowest BCUT2D eigenvalue weighted by Gasteiger charge is -2.07. The summed E-state index contributed by atoms with van der Waals surface area (Å²) in [6.07, 6.45) is 3.67. The first-order chi connectivity index (χ1) is 9.11. The molecule has 0 fully saturated rings. The van der Waals surface area contributed by atoms with Gasteiger partial charge in [0.25, 0.3) is 0 Å². The summed E-state index contributed by atoms with van der Waals surface area (Å²) in [6, 6.07) is 0. The van der Waals surface area contributed by atoms with Gasteiger partial charge in [0.05, 0.1) is 24.1 Å². The van der Waals surface area contributed by atoms with Crippen molar-refractivity contribution in [2.24, 2.45) is 0 Å². The zero-order valence-electron chi connectivity index (χ0n) is 11.4. The quantitative estimate of drug-likeness (QED) is 0.870. The van der Waals surface area contributed by atoms with E-state index in [2.05, 4.69) is 39.1 Å². The average molecular weight is 263 g/mol. The highest BCUT2D eigenvalue weighted by molar-refractivity contribution is 5.37. The summed E-state index contributed by atoms with van der Waals surface area (Å²) in [4.78, 5) is 15.3. The van der Waals surface area contributed by atoms with Gasteiger partial charge < -0.3 is 10.3 Å². The minimum Gasteiger partial charge on any atom is -0.362 e. The number of aromatic nitrogens is 4. The number of halogens is 1. The molecule has 0 radical (unpaired) electrons. The molecule has 2 aromatic rings. The van der Waals surface area contributed by atoms with Crippen molar-refractivity contribution in [2.75, 3.05) is 5.32 Å². The van der Waals surface area contributed by atoms with Crippen molar-refractivity contribution in [1.29, 1.82) is 0 Å². The maximum Gasteiger partial charge on any atom is 0.186 e. The highest BCUT2D eigenvalue weighted by Gasteiger charge is 2.10. The van der Waals surface area contributed by atoms with Crippen molar-refractivity contribution in [1.82, 2.24) is 19.9 Å². The second-order valence-corrected chi connectivity index (χ2v) is 4.64. The standard InChI is InChI=1S/C13H18FN5/c1-4-10-11(14)13(18-7-17-10)16-6-9-5-15-12(19-9)8(2)3/h5,7-8H,4,6H2,1-3H3,(H,15,19)(H,16,17,18). The van der Waals surface area contributed by atoms with E-state index in [1.54, 1.807) is 6.20 Å². The third kappa shape index (κ3) is 3.07. The van der Waals surface area contributed by atoms with Crippen molar-refractivity contribution in [3.63, 3.8) is 0 Å². The number of rotatable bonds is 5. The maximum atomic E-state index is 13.9. The van der Waals surface area contributed by atoms with Crippen LogP contribution in [0.4, 0.5) is 10.2 Å². The van der Waals surface area contributed by atoms with E-state index in [0.29, 0.717) is 24.6 Å². The average Bonchev–Trinajstić information content (AvgIpc) is 2.86. The lowest BCUT2D eigenvalue weighted by Crippen LogP contribution is -2.07. The highest BCUT2D eigenvalue weighted by atomic mass is 19.1. The van der Waals surface area contributed by atoms with Crippen LogP contribution >= 0.6 is 0 Å². The zero-order valence-corrected chi connectivity index (χ0v) is 11.4. The summed E-state index contributed by atoms with van der Waals surface area (Å²) in [5.41, 5.74) is 1.32. The molecule has 0 bridgehead atoms. The molecule has 0 atom stereocenters. The van der Waals surface area contributed by atoms with E-state index in [1.165, 1.54) is 6.33 Å². The summed E-state index contributed by atoms with van der Waals surface area (Å²) in [6.45, 7) is 6.44. The molecule has 19 heavy (non-hydrogen) atoms. The van der Waals surface area contributed by atoms with E-state index in [9.17, 15) is 4.39 Å². The Morgan fingerprint density at radius 2 is 2.11 bits per heavy atom. The van der Waals surface area contributed by atoms with E-state index in [-0.39, 0.29) is 11.6 Å². The number of nitrogens with zero attached hydrogens (tertiary/aromatic N) is 3. The first-order valence-electron chi connectivity index (χ1n) is 6.38. The van der Waals surface area contributed by atoms with E-state index in [0.717, 1.165) is 11.5 Å². The number of anilines is 1. The van der Waals surface area contributed by atoms with E-state index in [1.807, 2.05) is 6.92 Å². The van der Waals surface area contributed by atoms with Crippen LogP contribution in [-0.4, -0.2) is 19.9 Å². The maximum absolute atomic E-state index is 13.9. The van der Waals surface area contributed by atoms with Crippen LogP contribution in [0.1, 0.15) is 43.9 Å². The fourth-order valence-corrected chi connectivity index (χ4v) is 1.71. The monoisotopic (exact) mass is 263 g/mol. The number of H-pyrrole nitrogens is 1. The summed E-state index contributed by atoms with van der Waals surface area (Å²) in [5, 5.41) is 2.96. The Kier molecular flexibility index (Phi) is 4.09. The van der Waals surface area contributed by atoms with Crippen molar-refractivity contribution < 1.29 is 4.39 Å². The molecule has 0 unspecified atom stereocenters. The normalized spacial score (nSPS) is 11.0. The molecule has 0 aromatic carbocycles. The second kappa shape index (κ2) is 5.77. The molecule has 0 saturated heterocycles. The van der Waals surface area contributed by atoms with Crippen LogP contribution in [0.15, 0.2) is 12.5 Å². The van der Waals surface area contributed by atoms with E-state index >= 15 is 0 Å². The predicted molar refractivity (Wildman–Crippen MR) is 71.4 cm³/mol. The summed E-state index contributed by atoms with van der Waals surface area (Å²) in [5.74, 6) is 1.12. The summed E-state index contributed by atoms with van der Waals surface area (Å²) < 4.78 is 13.9. The molecule has 6 heteroatoms. The van der Waals surface area contributed by atoms with Crippen molar-refractivity contribution in [2.45, 2.75) is 39.7 Å². The molecule has 0 saturated carbocycles. The van der Waals surface area contributed by atoms with Crippen molar-refractivity contribution in [3.8, 4) is 0 Å². The number of aryl methyl sites for hydroxylation is 1. The van der Waals surface area contributed by atoms with Gasteiger partial charge in [-0.1, -0.05) is 20.8 Å². The Morgan fingerprint density at radius 1 is 1.32 bits per heavy atom. The molecule has 0 aliphatic carbocycles. The Morgan fingerprint density at radius 3 is 2.74 bits per heavy atom. The van der Waals surface area contributed by atoms with Gasteiger partial charge in [0.15, 0.2) is 11.6 Å². The van der Waals surface area contributed by atoms with Gasteiger partial charge in [-0.15, -0.1) is 0 Å². The first kappa shape index (κ1) is 13.5. The Hall–Kier alpha value is -1.98. The number of hydrogen-bond donors (Lipinski definition) is 2. The van der Waals surface area contributed by atoms with Gasteiger partial charge >= 0.3 is 0 Å². The van der Waals surface area contributed by atoms with Gasteiger partial charge in [-0.3, -0.25) is 0 Å². The summed E-state index contributed by atoms with van der Waals surface area (Å²) >= 11 is 0. The molecule has 0 spiro atoms. The molecule has 2 aromatic heterocycles. The van der Waals surface area contributed by atoms with Crippen LogP contribution < -0.4 is 5.32 Å². The van der Waals surface area contributed by atoms with Gasteiger partial charge in [-0.05, 0) is 6.42 Å². The molecule has 5 nitrogen and oxygen atoms in total. The summed E-state index contributed by atoms with van der Waals surface area (Å²) in [7, 11) is 0. The molecule has 0 amide bonds. The lowest BCUT2D eigenvalue weighted by molar-refractivity contribution is 0.596. The topological polar surface area (TPSA) is 66.5 Å². The van der Waals surface area contributed by atoms with Gasteiger partial charge in [0, 0.05) is 5.92 Å². The largest absolute Gasteiger partial charge is 0.362 e. The fourth-order valence-electron chi connectivity index (χ4n) is 1.71. The van der Waals surface area contributed by atoms with Gasteiger partial charge in [0.2, 0.25) is 0 Å². The third-order valence-electron chi connectivity index (χ3n) is 2.84. The van der Waals surface area contributed by atoms with E-state index in [4.69, 9.17) is 0 Å². The number of aromatic amines is 1. The minimum atomic E-state index is -0.381. The second-order valence-electron chi connectivity index (χ2n) is 4.64. The molecular weight excluding hydrogens is 245 g/mol. The van der Waals surface area contributed by atoms with E-state index < -0.39 is 0 Å². The van der Waals surface area contributed by atoms with Crippen LogP contribution in [0, 0.1) is 5.82 Å². The highest BCUT2D eigenvalue weighted by Crippen LogP contribution is 2.15. The SMILES string of the molecule is CCc1ncnc(NCc2cnc(C(C)C)[nH]2)c1F. The van der Waals surface area contributed by atoms with Crippen molar-refractivity contribution in [3.05, 3.63) is 35.6 Å². The molecular formula is C13H18FN5. The molecule has 0 aliphatic heterocycles. The first-order valence-corrected chi connectivity index (χ1v) is 6.38. The lowest BCUT2D eigenvalue weighted by atomic mass is 10.2. The van der Waals surface area contributed by atoms with Crippen LogP contribution in [-0.2, 0) is 13.0 Å². The van der Waals surface area contributed by atoms with Crippen LogP contribution in [0.3, 0.4) is 0 Å². The fraction of sp³-hybridized carbons (Fsp3) is 0.462. The minimum absolute atomic E-state index is 0.229. The zero-order chi connectivity index (χ0) is 13.8. The molecule has 102 valence electrons. The number of nitrogens with one attached hydrogen (secondary N) is 2. The van der Waals surface area contributed by atoms with Gasteiger partial charge in [-0.2, -0.15) is 0 Å². The molecule has 2 heterocycles. The molecule has 2 N–H and O–H groups in total. The molecule has 2 rings (SSSR count). The Bertz CT molecular complexity index is 550. The van der Waals surface area contributed by atoms with Gasteiger partial charge in [0.1, 0.15) is 12.2 Å². The number of hydrogen-bond acceptors (Lipinski definition) is 4. The Balaban J connectivity index is 2.06. The Labute approximate surface area is 111 Å². The third-order valence-corrected chi connectivity index (χ3v) is 2.84. The van der Waals surface area contributed by atoms with Crippen molar-refractivity contribution >= 4 is 5.82 Å². The number of imidazole rings is 1. The van der Waals surface area contributed by atoms with Gasteiger partial charge in [-0.25, -0.2) is 19.3 Å². The predicted octanol–water partition coefficient (Wildman–Crippen LogP) is 2.64. The van der Waals surface area contributed by atoms with Crippen LogP contribution in [0.25, 0.3) is 0 Å². The van der Waals surface area contributed by atoms with Crippen LogP contribution in [0.2, 0.25) is 0 Å². The smallest absolute Gasteiger partial charge is 0.186 e. The van der Waals surface area contributed by atoms with Crippen LogP contribution in [0.5, 0.6) is 0 Å². The molecule has 0 aliphatic rings.